The van der Waals surface area contributed by atoms with Gasteiger partial charge < -0.3 is 20.9 Å². The molecule has 0 radical (unpaired) electrons. The number of fused-ring (bicyclic) bond motifs is 5. The number of aliphatic hydroxyl groups is 1. The lowest BCUT2D eigenvalue weighted by atomic mass is 9.82. The summed E-state index contributed by atoms with van der Waals surface area (Å²) in [7, 11) is 0. The predicted octanol–water partition coefficient (Wildman–Crippen LogP) is 3.32. The minimum absolute atomic E-state index is 0.124. The molecule has 164 valence electrons. The minimum Gasteiger partial charge on any atom is -0.454 e. The number of carbonyl (C=O) groups excluding carboxylic acids is 2. The zero-order valence-corrected chi connectivity index (χ0v) is 18.0. The molecule has 7 heteroatoms. The van der Waals surface area contributed by atoms with Crippen molar-refractivity contribution in [3.05, 3.63) is 94.0 Å². The van der Waals surface area contributed by atoms with E-state index in [2.05, 4.69) is 5.32 Å². The maximum Gasteiger partial charge on any atom is 0.271 e. The third-order valence-corrected chi connectivity index (χ3v) is 6.45. The summed E-state index contributed by atoms with van der Waals surface area (Å²) in [6.45, 7) is 4.05. The Labute approximate surface area is 190 Å². The van der Waals surface area contributed by atoms with Crippen molar-refractivity contribution in [3.8, 4) is 11.8 Å². The van der Waals surface area contributed by atoms with Crippen LogP contribution < -0.4 is 15.8 Å². The van der Waals surface area contributed by atoms with Gasteiger partial charge in [-0.25, -0.2) is 0 Å². The van der Waals surface area contributed by atoms with Crippen molar-refractivity contribution in [3.63, 3.8) is 0 Å². The number of anilines is 1. The molecule has 3 aromatic rings. The lowest BCUT2D eigenvalue weighted by molar-refractivity contribution is -0.169. The van der Waals surface area contributed by atoms with Crippen LogP contribution in [0.15, 0.2) is 60.7 Å². The second kappa shape index (κ2) is 6.92. The van der Waals surface area contributed by atoms with E-state index in [1.165, 1.54) is 24.3 Å². The molecule has 3 aromatic carbocycles. The summed E-state index contributed by atoms with van der Waals surface area (Å²) < 4.78 is 6.06. The van der Waals surface area contributed by atoms with Crippen LogP contribution in [-0.4, -0.2) is 16.8 Å². The van der Waals surface area contributed by atoms with Gasteiger partial charge in [-0.15, -0.1) is 0 Å². The molecule has 33 heavy (non-hydrogen) atoms. The molecule has 4 N–H and O–H groups in total. The molecule has 2 aliphatic rings. The summed E-state index contributed by atoms with van der Waals surface area (Å²) in [4.78, 5) is 27.2. The molecule has 0 spiro atoms. The van der Waals surface area contributed by atoms with Crippen LogP contribution in [0, 0.1) is 11.3 Å². The first kappa shape index (κ1) is 20.7. The molecular formula is C26H21N3O4. The van der Waals surface area contributed by atoms with Gasteiger partial charge in [-0.2, -0.15) is 5.26 Å². The van der Waals surface area contributed by atoms with Gasteiger partial charge in [-0.05, 0) is 47.9 Å². The highest BCUT2D eigenvalue weighted by atomic mass is 16.6. The van der Waals surface area contributed by atoms with Crippen LogP contribution in [0.2, 0.25) is 0 Å². The van der Waals surface area contributed by atoms with E-state index < -0.39 is 23.0 Å². The molecule has 1 amide bonds. The largest absolute Gasteiger partial charge is 0.454 e. The van der Waals surface area contributed by atoms with E-state index >= 15 is 0 Å². The zero-order valence-electron chi connectivity index (χ0n) is 18.0. The third-order valence-electron chi connectivity index (χ3n) is 6.45. The summed E-state index contributed by atoms with van der Waals surface area (Å²) in [5.74, 6) is -2.80. The molecule has 0 fully saturated rings. The van der Waals surface area contributed by atoms with Crippen LogP contribution in [0.3, 0.4) is 0 Å². The van der Waals surface area contributed by atoms with Gasteiger partial charge in [0.15, 0.2) is 0 Å². The van der Waals surface area contributed by atoms with Crippen LogP contribution >= 0.6 is 0 Å². The van der Waals surface area contributed by atoms with Crippen molar-refractivity contribution < 1.29 is 19.4 Å². The van der Waals surface area contributed by atoms with Crippen LogP contribution in [0.1, 0.15) is 62.7 Å². The fourth-order valence-corrected chi connectivity index (χ4v) is 4.68. The SMILES string of the molecule is CC(C)c1ccc2c(c1)OC1(O)c3cccc(N)c3C(=O)C21NC(=O)c1ccc(C#N)cc1. The summed E-state index contributed by atoms with van der Waals surface area (Å²) in [6.07, 6.45) is 0. The van der Waals surface area contributed by atoms with Crippen molar-refractivity contribution >= 4 is 17.4 Å². The van der Waals surface area contributed by atoms with Crippen molar-refractivity contribution in [2.75, 3.05) is 5.73 Å². The number of benzene rings is 3. The Hall–Kier alpha value is -4.15. The Morgan fingerprint density at radius 1 is 1.12 bits per heavy atom. The van der Waals surface area contributed by atoms with E-state index in [4.69, 9.17) is 15.7 Å². The zero-order chi connectivity index (χ0) is 23.5. The number of nitrogens with one attached hydrogen (secondary N) is 1. The lowest BCUT2D eigenvalue weighted by Gasteiger charge is -2.34. The predicted molar refractivity (Wildman–Crippen MR) is 121 cm³/mol. The molecule has 1 aliphatic heterocycles. The summed E-state index contributed by atoms with van der Waals surface area (Å²) in [5.41, 5.74) is 6.66. The molecule has 0 bridgehead atoms. The number of ether oxygens (including phenoxy) is 1. The lowest BCUT2D eigenvalue weighted by Crippen LogP contribution is -2.60. The van der Waals surface area contributed by atoms with E-state index in [9.17, 15) is 14.7 Å². The molecule has 7 nitrogen and oxygen atoms in total. The first-order valence-corrected chi connectivity index (χ1v) is 10.5. The fraction of sp³-hybridized carbons (Fsp3) is 0.192. The van der Waals surface area contributed by atoms with Crippen molar-refractivity contribution in [2.45, 2.75) is 31.1 Å². The number of nitriles is 1. The first-order chi connectivity index (χ1) is 15.7. The summed E-state index contributed by atoms with van der Waals surface area (Å²) >= 11 is 0. The molecule has 0 aromatic heterocycles. The van der Waals surface area contributed by atoms with Gasteiger partial charge in [0.2, 0.25) is 11.3 Å². The van der Waals surface area contributed by atoms with Gasteiger partial charge in [0, 0.05) is 22.4 Å². The second-order valence-electron chi connectivity index (χ2n) is 8.65. The number of hydrogen-bond donors (Lipinski definition) is 3. The highest BCUT2D eigenvalue weighted by molar-refractivity contribution is 6.16. The van der Waals surface area contributed by atoms with Crippen LogP contribution in [0.25, 0.3) is 0 Å². The van der Waals surface area contributed by atoms with E-state index in [-0.39, 0.29) is 28.3 Å². The van der Waals surface area contributed by atoms with E-state index in [1.54, 1.807) is 30.3 Å². The fourth-order valence-electron chi connectivity index (χ4n) is 4.68. The Balaban J connectivity index is 1.70. The molecular weight excluding hydrogens is 418 g/mol. The van der Waals surface area contributed by atoms with Gasteiger partial charge >= 0.3 is 0 Å². The van der Waals surface area contributed by atoms with Gasteiger partial charge in [-0.3, -0.25) is 9.59 Å². The smallest absolute Gasteiger partial charge is 0.271 e. The Bertz CT molecular complexity index is 1370. The average molecular weight is 439 g/mol. The van der Waals surface area contributed by atoms with E-state index in [0.717, 1.165) is 5.56 Å². The molecule has 5 rings (SSSR count). The number of nitrogens with two attached hydrogens (primary N) is 1. The second-order valence-corrected chi connectivity index (χ2v) is 8.65. The average Bonchev–Trinajstić information content (AvgIpc) is 3.16. The van der Waals surface area contributed by atoms with Gasteiger partial charge in [0.05, 0.1) is 17.2 Å². The Morgan fingerprint density at radius 2 is 1.85 bits per heavy atom. The van der Waals surface area contributed by atoms with Crippen molar-refractivity contribution in [1.82, 2.24) is 5.32 Å². The highest BCUT2D eigenvalue weighted by Gasteiger charge is 2.72. The number of Topliss-reactive ketones (excluding diaryl/α,β-unsaturated/α-hetero) is 1. The number of carbonyl (C=O) groups is 2. The van der Waals surface area contributed by atoms with E-state index in [0.29, 0.717) is 16.9 Å². The Kier molecular flexibility index (Phi) is 4.35. The van der Waals surface area contributed by atoms with Gasteiger partial charge in [-0.1, -0.05) is 38.1 Å². The number of ketones is 1. The number of nitrogens with zero attached hydrogens (tertiary/aromatic N) is 1. The topological polar surface area (TPSA) is 125 Å². The monoisotopic (exact) mass is 439 g/mol. The molecule has 2 atom stereocenters. The van der Waals surface area contributed by atoms with Crippen molar-refractivity contribution in [1.29, 1.82) is 5.26 Å². The summed E-state index contributed by atoms with van der Waals surface area (Å²) in [6, 6.07) is 18.1. The highest BCUT2D eigenvalue weighted by Crippen LogP contribution is 2.59. The first-order valence-electron chi connectivity index (χ1n) is 10.5. The number of rotatable bonds is 3. The van der Waals surface area contributed by atoms with Crippen LogP contribution in [0.5, 0.6) is 5.75 Å². The number of nitrogen functional groups attached to an aromatic ring is 1. The molecule has 0 saturated carbocycles. The Morgan fingerprint density at radius 3 is 2.52 bits per heavy atom. The van der Waals surface area contributed by atoms with Crippen LogP contribution in [0.4, 0.5) is 5.69 Å². The minimum atomic E-state index is -2.17. The van der Waals surface area contributed by atoms with Gasteiger partial charge in [0.1, 0.15) is 5.75 Å². The number of amides is 1. The molecule has 1 aliphatic carbocycles. The maximum absolute atomic E-state index is 13.9. The maximum atomic E-state index is 13.9. The standard InChI is InChI=1S/C26H21N3O4/c1-14(2)17-10-11-18-21(12-17)33-26(32)19-4-3-5-20(28)22(19)23(30)25(18,26)29-24(31)16-8-6-15(13-27)7-9-16/h3-12,14,32H,28H2,1-2H3,(H,29,31). The van der Waals surface area contributed by atoms with Crippen LogP contribution in [-0.2, 0) is 11.3 Å². The third kappa shape index (κ3) is 2.65. The summed E-state index contributed by atoms with van der Waals surface area (Å²) in [5, 5.41) is 23.7. The van der Waals surface area contributed by atoms with E-state index in [1.807, 2.05) is 26.0 Å². The quantitative estimate of drug-likeness (QED) is 0.538. The number of hydrogen-bond acceptors (Lipinski definition) is 6. The molecule has 0 saturated heterocycles. The molecule has 2 unspecified atom stereocenters. The van der Waals surface area contributed by atoms with Gasteiger partial charge in [0.25, 0.3) is 11.7 Å². The normalized spacial score (nSPS) is 22.2. The van der Waals surface area contributed by atoms with Crippen molar-refractivity contribution in [2.24, 2.45) is 0 Å². The molecule has 1 heterocycles.